The molecule has 2 rings (SSSR count). The van der Waals surface area contributed by atoms with Gasteiger partial charge in [-0.3, -0.25) is 9.00 Å². The molecule has 20 heavy (non-hydrogen) atoms. The SMILES string of the molecule is CC(C)(C)C(=O)Nc1cc2c(cc1S(=O)[O-])OCO2.[Li+]. The molecule has 0 radical (unpaired) electrons. The van der Waals surface area contributed by atoms with Crippen LogP contribution in [0.3, 0.4) is 0 Å². The van der Waals surface area contributed by atoms with Gasteiger partial charge >= 0.3 is 18.9 Å². The van der Waals surface area contributed by atoms with Crippen LogP contribution < -0.4 is 33.7 Å². The van der Waals surface area contributed by atoms with E-state index in [4.69, 9.17) is 9.47 Å². The Morgan fingerprint density at radius 1 is 1.30 bits per heavy atom. The van der Waals surface area contributed by atoms with Gasteiger partial charge in [0, 0.05) is 17.5 Å². The molecule has 0 bridgehead atoms. The summed E-state index contributed by atoms with van der Waals surface area (Å²) in [5.74, 6) is 0.490. The number of carbonyl (C=O) groups excluding carboxylic acids is 1. The molecule has 0 spiro atoms. The largest absolute Gasteiger partial charge is 1.00 e. The second-order valence-corrected chi connectivity index (χ2v) is 6.05. The Bertz CT molecular complexity index is 556. The van der Waals surface area contributed by atoms with E-state index in [0.717, 1.165) is 0 Å². The van der Waals surface area contributed by atoms with Gasteiger partial charge in [0.2, 0.25) is 12.7 Å². The molecule has 1 aliphatic heterocycles. The summed E-state index contributed by atoms with van der Waals surface area (Å²) in [6, 6.07) is 2.79. The number of fused-ring (bicyclic) bond motifs is 1. The van der Waals surface area contributed by atoms with Crippen LogP contribution in [0.2, 0.25) is 0 Å². The number of amides is 1. The summed E-state index contributed by atoms with van der Waals surface area (Å²) in [4.78, 5) is 11.9. The molecule has 1 aromatic carbocycles. The average Bonchev–Trinajstić information content (AvgIpc) is 2.73. The summed E-state index contributed by atoms with van der Waals surface area (Å²) >= 11 is -2.48. The molecule has 0 aromatic heterocycles. The van der Waals surface area contributed by atoms with E-state index >= 15 is 0 Å². The molecule has 1 N–H and O–H groups in total. The predicted molar refractivity (Wildman–Crippen MR) is 67.8 cm³/mol. The Hall–Kier alpha value is -1.00. The topological polar surface area (TPSA) is 87.7 Å². The molecule has 1 heterocycles. The van der Waals surface area contributed by atoms with Gasteiger partial charge in [0.25, 0.3) is 0 Å². The van der Waals surface area contributed by atoms with Crippen molar-refractivity contribution < 1.29 is 41.9 Å². The minimum atomic E-state index is -2.48. The molecule has 0 saturated carbocycles. The van der Waals surface area contributed by atoms with Crippen molar-refractivity contribution in [3.8, 4) is 11.5 Å². The van der Waals surface area contributed by atoms with Crippen LogP contribution in [0.4, 0.5) is 5.69 Å². The van der Waals surface area contributed by atoms with Crippen molar-refractivity contribution >= 4 is 22.7 Å². The molecule has 1 aliphatic rings. The number of rotatable bonds is 2. The van der Waals surface area contributed by atoms with E-state index in [1.165, 1.54) is 12.1 Å². The summed E-state index contributed by atoms with van der Waals surface area (Å²) in [5, 5.41) is 2.59. The molecule has 0 aliphatic carbocycles. The number of carbonyl (C=O) groups is 1. The van der Waals surface area contributed by atoms with Crippen LogP contribution in [0.1, 0.15) is 20.8 Å². The monoisotopic (exact) mass is 291 g/mol. The molecule has 1 aromatic rings. The first kappa shape index (κ1) is 17.1. The quantitative estimate of drug-likeness (QED) is 0.537. The molecule has 1 amide bonds. The van der Waals surface area contributed by atoms with Crippen molar-refractivity contribution in [2.24, 2.45) is 5.41 Å². The second-order valence-electron chi connectivity index (χ2n) is 5.14. The van der Waals surface area contributed by atoms with E-state index < -0.39 is 16.5 Å². The predicted octanol–water partition coefficient (Wildman–Crippen LogP) is -1.36. The van der Waals surface area contributed by atoms with E-state index in [1.807, 2.05) is 0 Å². The van der Waals surface area contributed by atoms with Gasteiger partial charge < -0.3 is 19.3 Å². The van der Waals surface area contributed by atoms with Gasteiger partial charge in [0.1, 0.15) is 0 Å². The molecule has 0 saturated heterocycles. The first-order chi connectivity index (χ1) is 8.79. The van der Waals surface area contributed by atoms with Crippen molar-refractivity contribution in [3.63, 3.8) is 0 Å². The van der Waals surface area contributed by atoms with Crippen molar-refractivity contribution in [3.05, 3.63) is 12.1 Å². The second kappa shape index (κ2) is 6.18. The van der Waals surface area contributed by atoms with Crippen molar-refractivity contribution in [2.45, 2.75) is 25.7 Å². The first-order valence-corrected chi connectivity index (χ1v) is 6.71. The zero-order valence-electron chi connectivity index (χ0n) is 11.8. The Morgan fingerprint density at radius 2 is 1.85 bits per heavy atom. The number of hydrogen-bond donors (Lipinski definition) is 1. The molecule has 104 valence electrons. The van der Waals surface area contributed by atoms with Crippen LogP contribution in [-0.4, -0.2) is 21.5 Å². The summed E-state index contributed by atoms with van der Waals surface area (Å²) in [5.41, 5.74) is -0.435. The van der Waals surface area contributed by atoms with Gasteiger partial charge in [-0.2, -0.15) is 0 Å². The molecule has 0 fully saturated rings. The van der Waals surface area contributed by atoms with Gasteiger partial charge in [0.05, 0.1) is 10.6 Å². The zero-order valence-corrected chi connectivity index (χ0v) is 12.6. The van der Waals surface area contributed by atoms with Gasteiger partial charge in [0.15, 0.2) is 11.5 Å². The molecule has 1 atom stereocenters. The summed E-state index contributed by atoms with van der Waals surface area (Å²) in [6.45, 7) is 5.26. The minimum absolute atomic E-state index is 0. The molecule has 1 unspecified atom stereocenters. The first-order valence-electron chi connectivity index (χ1n) is 5.63. The maximum atomic E-state index is 11.9. The third-order valence-corrected chi connectivity index (χ3v) is 3.28. The van der Waals surface area contributed by atoms with Crippen LogP contribution in [-0.2, 0) is 15.9 Å². The minimum Gasteiger partial charge on any atom is -0.768 e. The van der Waals surface area contributed by atoms with Gasteiger partial charge in [-0.05, 0) is 11.1 Å². The third kappa shape index (κ3) is 3.55. The van der Waals surface area contributed by atoms with Crippen LogP contribution in [0.15, 0.2) is 17.0 Å². The van der Waals surface area contributed by atoms with Gasteiger partial charge in [-0.1, -0.05) is 20.8 Å². The average molecular weight is 291 g/mol. The van der Waals surface area contributed by atoms with Crippen molar-refractivity contribution in [1.29, 1.82) is 0 Å². The number of anilines is 1. The zero-order chi connectivity index (χ0) is 14.2. The molecular formula is C12H14LiNO5S. The number of hydrogen-bond acceptors (Lipinski definition) is 5. The fourth-order valence-electron chi connectivity index (χ4n) is 1.47. The summed E-state index contributed by atoms with van der Waals surface area (Å²) in [7, 11) is 0. The Kier molecular flexibility index (Phi) is 5.27. The van der Waals surface area contributed by atoms with Crippen LogP contribution in [0, 0.1) is 5.41 Å². The Balaban J connectivity index is 0.00000200. The molecular weight excluding hydrogens is 277 g/mol. The number of benzene rings is 1. The van der Waals surface area contributed by atoms with E-state index in [1.54, 1.807) is 20.8 Å². The number of ether oxygens (including phenoxy) is 2. The normalized spacial score (nSPS) is 14.4. The van der Waals surface area contributed by atoms with Crippen molar-refractivity contribution in [2.75, 3.05) is 12.1 Å². The van der Waals surface area contributed by atoms with Crippen LogP contribution in [0.25, 0.3) is 0 Å². The van der Waals surface area contributed by atoms with E-state index in [9.17, 15) is 13.6 Å². The Morgan fingerprint density at radius 3 is 2.35 bits per heavy atom. The summed E-state index contributed by atoms with van der Waals surface area (Å²) < 4.78 is 32.7. The molecule has 8 heteroatoms. The standard InChI is InChI=1S/C12H15NO5S.Li/c1-12(2,3)11(14)13-7-4-8-9(18-6-17-8)5-10(7)19(15)16;/h4-5H,6H2,1-3H3,(H,13,14)(H,15,16);/q;+1/p-1. The van der Waals surface area contributed by atoms with Crippen LogP contribution >= 0.6 is 0 Å². The third-order valence-electron chi connectivity index (χ3n) is 2.58. The summed E-state index contributed by atoms with van der Waals surface area (Å²) in [6.07, 6.45) is 0. The maximum absolute atomic E-state index is 11.9. The van der Waals surface area contributed by atoms with E-state index in [0.29, 0.717) is 11.5 Å². The van der Waals surface area contributed by atoms with E-state index in [2.05, 4.69) is 5.32 Å². The van der Waals surface area contributed by atoms with E-state index in [-0.39, 0.29) is 42.1 Å². The maximum Gasteiger partial charge on any atom is 1.00 e. The Labute approximate surface area is 131 Å². The van der Waals surface area contributed by atoms with Crippen LogP contribution in [0.5, 0.6) is 11.5 Å². The number of nitrogens with one attached hydrogen (secondary N) is 1. The molecule has 6 nitrogen and oxygen atoms in total. The van der Waals surface area contributed by atoms with Crippen molar-refractivity contribution in [1.82, 2.24) is 0 Å². The fraction of sp³-hybridized carbons (Fsp3) is 0.417. The van der Waals surface area contributed by atoms with Gasteiger partial charge in [-0.15, -0.1) is 0 Å². The fourth-order valence-corrected chi connectivity index (χ4v) is 1.96. The van der Waals surface area contributed by atoms with Gasteiger partial charge in [-0.25, -0.2) is 0 Å². The smallest absolute Gasteiger partial charge is 0.768 e.